The van der Waals surface area contributed by atoms with E-state index in [0.29, 0.717) is 6.54 Å². The van der Waals surface area contributed by atoms with Crippen LogP contribution >= 0.6 is 0 Å². The van der Waals surface area contributed by atoms with E-state index in [4.69, 9.17) is 0 Å². The van der Waals surface area contributed by atoms with Crippen molar-refractivity contribution in [2.75, 3.05) is 6.54 Å². The van der Waals surface area contributed by atoms with Crippen LogP contribution in [0, 0.1) is 0 Å². The van der Waals surface area contributed by atoms with Crippen LogP contribution in [0.1, 0.15) is 58.3 Å². The molecule has 0 atom stereocenters. The van der Waals surface area contributed by atoms with E-state index in [0.717, 1.165) is 12.8 Å². The van der Waals surface area contributed by atoms with Crippen LogP contribution < -0.4 is 4.72 Å². The molecule has 1 aromatic rings. The van der Waals surface area contributed by atoms with Crippen molar-refractivity contribution in [1.82, 2.24) is 14.9 Å². The molecule has 1 aromatic heterocycles. The lowest BCUT2D eigenvalue weighted by molar-refractivity contribution is 0.559. The van der Waals surface area contributed by atoms with Gasteiger partial charge in [-0.1, -0.05) is 51.9 Å². The maximum absolute atomic E-state index is 11.7. The number of hydrogen-bond acceptors (Lipinski definition) is 3. The molecule has 1 heterocycles. The smallest absolute Gasteiger partial charge is 0.243 e. The van der Waals surface area contributed by atoms with E-state index in [1.165, 1.54) is 50.9 Å². The van der Waals surface area contributed by atoms with Gasteiger partial charge >= 0.3 is 0 Å². The molecule has 0 saturated carbocycles. The first kappa shape index (κ1) is 16.2. The number of hydrogen-bond donors (Lipinski definition) is 2. The number of aromatic amines is 1. The van der Waals surface area contributed by atoms with E-state index in [1.54, 1.807) is 0 Å². The van der Waals surface area contributed by atoms with Gasteiger partial charge in [0, 0.05) is 12.7 Å². The van der Waals surface area contributed by atoms with Gasteiger partial charge in [-0.05, 0) is 6.42 Å². The number of rotatable bonds is 11. The summed E-state index contributed by atoms with van der Waals surface area (Å²) < 4.78 is 26.0. The molecule has 0 unspecified atom stereocenters. The fourth-order valence-electron chi connectivity index (χ4n) is 1.93. The van der Waals surface area contributed by atoms with E-state index in [9.17, 15) is 8.42 Å². The number of unbranched alkanes of at least 4 members (excludes halogenated alkanes) is 7. The first-order valence-corrected chi connectivity index (χ1v) is 8.63. The molecule has 0 aromatic carbocycles. The Morgan fingerprint density at radius 2 is 1.74 bits per heavy atom. The molecule has 19 heavy (non-hydrogen) atoms. The summed E-state index contributed by atoms with van der Waals surface area (Å²) >= 11 is 0. The van der Waals surface area contributed by atoms with Gasteiger partial charge in [-0.3, -0.25) is 5.10 Å². The molecule has 0 fully saturated rings. The van der Waals surface area contributed by atoms with E-state index >= 15 is 0 Å². The summed E-state index contributed by atoms with van der Waals surface area (Å²) in [6.45, 7) is 2.72. The molecule has 2 N–H and O–H groups in total. The van der Waals surface area contributed by atoms with Gasteiger partial charge in [0.1, 0.15) is 4.90 Å². The first-order chi connectivity index (χ1) is 9.17. The molecule has 0 saturated heterocycles. The fraction of sp³-hybridized carbons (Fsp3) is 0.769. The third kappa shape index (κ3) is 6.73. The normalized spacial score (nSPS) is 11.8. The Kier molecular flexibility index (Phi) is 7.74. The Hall–Kier alpha value is -0.880. The van der Waals surface area contributed by atoms with Crippen molar-refractivity contribution in [3.05, 3.63) is 12.4 Å². The summed E-state index contributed by atoms with van der Waals surface area (Å²) in [4.78, 5) is 0.201. The molecular formula is C13H25N3O2S. The SMILES string of the molecule is CCCCCCCCCCNS(=O)(=O)c1cn[nH]c1. The van der Waals surface area contributed by atoms with Crippen molar-refractivity contribution < 1.29 is 8.42 Å². The highest BCUT2D eigenvalue weighted by molar-refractivity contribution is 7.89. The second-order valence-corrected chi connectivity index (χ2v) is 6.57. The largest absolute Gasteiger partial charge is 0.284 e. The zero-order valence-corrected chi connectivity index (χ0v) is 12.5. The van der Waals surface area contributed by atoms with Crippen LogP contribution in [0.25, 0.3) is 0 Å². The molecule has 0 aliphatic carbocycles. The number of sulfonamides is 1. The number of nitrogens with zero attached hydrogens (tertiary/aromatic N) is 1. The lowest BCUT2D eigenvalue weighted by atomic mass is 10.1. The van der Waals surface area contributed by atoms with Crippen molar-refractivity contribution in [3.63, 3.8) is 0 Å². The first-order valence-electron chi connectivity index (χ1n) is 7.15. The second kappa shape index (κ2) is 9.09. The van der Waals surface area contributed by atoms with Gasteiger partial charge in [0.25, 0.3) is 0 Å². The molecule has 0 radical (unpaired) electrons. The van der Waals surface area contributed by atoms with Crippen LogP contribution in [0.2, 0.25) is 0 Å². The molecule has 0 aliphatic heterocycles. The highest BCUT2D eigenvalue weighted by Crippen LogP contribution is 2.09. The summed E-state index contributed by atoms with van der Waals surface area (Å²) in [6.07, 6.45) is 12.3. The van der Waals surface area contributed by atoms with Crippen molar-refractivity contribution in [2.45, 2.75) is 63.2 Å². The summed E-state index contributed by atoms with van der Waals surface area (Å²) in [5.74, 6) is 0. The molecular weight excluding hydrogens is 262 g/mol. The van der Waals surface area contributed by atoms with Crippen LogP contribution in [-0.2, 0) is 10.0 Å². The molecule has 0 aliphatic rings. The predicted molar refractivity (Wildman–Crippen MR) is 76.4 cm³/mol. The van der Waals surface area contributed by atoms with E-state index in [1.807, 2.05) is 0 Å². The maximum atomic E-state index is 11.7. The number of aromatic nitrogens is 2. The second-order valence-electron chi connectivity index (χ2n) is 4.81. The van der Waals surface area contributed by atoms with E-state index in [2.05, 4.69) is 21.8 Å². The molecule has 0 amide bonds. The average molecular weight is 287 g/mol. The Balaban J connectivity index is 2.02. The van der Waals surface area contributed by atoms with Gasteiger partial charge in [-0.25, -0.2) is 13.1 Å². The standard InChI is InChI=1S/C13H25N3O2S/c1-2-3-4-5-6-7-8-9-10-16-19(17,18)13-11-14-15-12-13/h11-12,16H,2-10H2,1H3,(H,14,15). The zero-order chi connectivity index (χ0) is 14.0. The van der Waals surface area contributed by atoms with Crippen molar-refractivity contribution in [1.29, 1.82) is 0 Å². The predicted octanol–water partition coefficient (Wildman–Crippen LogP) is 2.83. The minimum Gasteiger partial charge on any atom is -0.284 e. The van der Waals surface area contributed by atoms with Crippen LogP contribution in [0.15, 0.2) is 17.3 Å². The topological polar surface area (TPSA) is 74.8 Å². The highest BCUT2D eigenvalue weighted by Gasteiger charge is 2.13. The molecule has 0 spiro atoms. The molecule has 5 nitrogen and oxygen atoms in total. The van der Waals surface area contributed by atoms with Crippen LogP contribution in [0.3, 0.4) is 0 Å². The Labute approximate surface area is 116 Å². The van der Waals surface area contributed by atoms with Crippen molar-refractivity contribution >= 4 is 10.0 Å². The van der Waals surface area contributed by atoms with Gasteiger partial charge in [0.2, 0.25) is 10.0 Å². The maximum Gasteiger partial charge on any atom is 0.243 e. The lowest BCUT2D eigenvalue weighted by Crippen LogP contribution is -2.24. The minimum atomic E-state index is -3.37. The highest BCUT2D eigenvalue weighted by atomic mass is 32.2. The van der Waals surface area contributed by atoms with E-state index < -0.39 is 10.0 Å². The third-order valence-corrected chi connectivity index (χ3v) is 4.53. The number of H-pyrrole nitrogens is 1. The fourth-order valence-corrected chi connectivity index (χ4v) is 2.91. The van der Waals surface area contributed by atoms with Gasteiger partial charge in [-0.2, -0.15) is 5.10 Å². The van der Waals surface area contributed by atoms with Gasteiger partial charge in [-0.15, -0.1) is 0 Å². The third-order valence-electron chi connectivity index (χ3n) is 3.11. The summed E-state index contributed by atoms with van der Waals surface area (Å²) in [7, 11) is -3.37. The van der Waals surface area contributed by atoms with Crippen molar-refractivity contribution in [2.24, 2.45) is 0 Å². The Morgan fingerprint density at radius 3 is 2.32 bits per heavy atom. The monoisotopic (exact) mass is 287 g/mol. The van der Waals surface area contributed by atoms with E-state index in [-0.39, 0.29) is 4.90 Å². The number of nitrogens with one attached hydrogen (secondary N) is 2. The molecule has 1 rings (SSSR count). The summed E-state index contributed by atoms with van der Waals surface area (Å²) in [6, 6.07) is 0. The van der Waals surface area contributed by atoms with Gasteiger partial charge in [0.05, 0.1) is 6.20 Å². The van der Waals surface area contributed by atoms with Gasteiger partial charge < -0.3 is 0 Å². The minimum absolute atomic E-state index is 0.201. The quantitative estimate of drug-likeness (QED) is 0.614. The average Bonchev–Trinajstić information content (AvgIpc) is 2.91. The lowest BCUT2D eigenvalue weighted by Gasteiger charge is -2.04. The van der Waals surface area contributed by atoms with Gasteiger partial charge in [0.15, 0.2) is 0 Å². The molecule has 110 valence electrons. The van der Waals surface area contributed by atoms with Crippen molar-refractivity contribution in [3.8, 4) is 0 Å². The van der Waals surface area contributed by atoms with Crippen LogP contribution in [-0.4, -0.2) is 25.2 Å². The molecule has 6 heteroatoms. The summed E-state index contributed by atoms with van der Waals surface area (Å²) in [5.41, 5.74) is 0. The summed E-state index contributed by atoms with van der Waals surface area (Å²) in [5, 5.41) is 6.14. The Bertz CT molecular complexity index is 415. The van der Waals surface area contributed by atoms with Crippen LogP contribution in [0.5, 0.6) is 0 Å². The van der Waals surface area contributed by atoms with Crippen LogP contribution in [0.4, 0.5) is 0 Å². The molecule has 0 bridgehead atoms. The zero-order valence-electron chi connectivity index (χ0n) is 11.7. The Morgan fingerprint density at radius 1 is 1.11 bits per heavy atom.